The molecule has 0 aromatic heterocycles. The van der Waals surface area contributed by atoms with Crippen LogP contribution in [0.2, 0.25) is 0 Å². The number of nitrogens with one attached hydrogen (secondary N) is 1. The van der Waals surface area contributed by atoms with Crippen LogP contribution in [0.1, 0.15) is 32.8 Å². The molecule has 0 unspecified atom stereocenters. The van der Waals surface area contributed by atoms with Crippen molar-refractivity contribution >= 4 is 12.4 Å². The Morgan fingerprint density at radius 3 is 2.40 bits per heavy atom. The molecule has 0 bridgehead atoms. The molecule has 0 heterocycles. The topological polar surface area (TPSA) is 75.6 Å². The monoisotopic (exact) mass is 279 g/mol. The van der Waals surface area contributed by atoms with Crippen LogP contribution in [0.5, 0.6) is 5.75 Å². The van der Waals surface area contributed by atoms with Crippen molar-refractivity contribution in [3.05, 3.63) is 29.8 Å². The van der Waals surface area contributed by atoms with Crippen LogP contribution in [0.4, 0.5) is 0 Å². The van der Waals surface area contributed by atoms with E-state index in [1.54, 1.807) is 0 Å². The number of carbonyl (C=O) groups is 2. The van der Waals surface area contributed by atoms with E-state index < -0.39 is 12.0 Å². The van der Waals surface area contributed by atoms with Gasteiger partial charge in [0.2, 0.25) is 6.41 Å². The second kappa shape index (κ2) is 6.93. The molecule has 1 atom stereocenters. The van der Waals surface area contributed by atoms with Crippen molar-refractivity contribution < 1.29 is 19.4 Å². The fraction of sp³-hybridized carbons (Fsp3) is 0.467. The quantitative estimate of drug-likeness (QED) is 0.748. The Hall–Kier alpha value is -2.04. The zero-order valence-corrected chi connectivity index (χ0v) is 12.1. The molecule has 0 fully saturated rings. The zero-order valence-electron chi connectivity index (χ0n) is 12.1. The van der Waals surface area contributed by atoms with E-state index in [4.69, 9.17) is 9.84 Å². The minimum Gasteiger partial charge on any atom is -0.488 e. The van der Waals surface area contributed by atoms with Crippen LogP contribution in [0.25, 0.3) is 0 Å². The van der Waals surface area contributed by atoms with Gasteiger partial charge >= 0.3 is 5.97 Å². The highest BCUT2D eigenvalue weighted by atomic mass is 16.5. The number of ether oxygens (including phenoxy) is 1. The van der Waals surface area contributed by atoms with Gasteiger partial charge in [-0.1, -0.05) is 12.1 Å². The van der Waals surface area contributed by atoms with Crippen molar-refractivity contribution in [3.63, 3.8) is 0 Å². The number of hydrogen-bond acceptors (Lipinski definition) is 3. The van der Waals surface area contributed by atoms with Crippen LogP contribution in [0.3, 0.4) is 0 Å². The maximum atomic E-state index is 10.9. The van der Waals surface area contributed by atoms with E-state index in [-0.39, 0.29) is 5.60 Å². The minimum atomic E-state index is -1.02. The van der Waals surface area contributed by atoms with Crippen molar-refractivity contribution in [2.24, 2.45) is 0 Å². The summed E-state index contributed by atoms with van der Waals surface area (Å²) in [5, 5.41) is 11.2. The summed E-state index contributed by atoms with van der Waals surface area (Å²) in [6, 6.07) is 6.69. The summed E-state index contributed by atoms with van der Waals surface area (Å²) in [6.45, 7) is 5.93. The molecule has 20 heavy (non-hydrogen) atoms. The van der Waals surface area contributed by atoms with Crippen LogP contribution >= 0.6 is 0 Å². The van der Waals surface area contributed by atoms with Gasteiger partial charge in [0.15, 0.2) is 0 Å². The molecule has 1 aromatic carbocycles. The second-order valence-electron chi connectivity index (χ2n) is 5.57. The van der Waals surface area contributed by atoms with Gasteiger partial charge in [-0.15, -0.1) is 0 Å². The van der Waals surface area contributed by atoms with Gasteiger partial charge in [-0.05, 0) is 51.3 Å². The Balaban J connectivity index is 2.57. The van der Waals surface area contributed by atoms with Crippen molar-refractivity contribution in [2.45, 2.75) is 45.3 Å². The van der Waals surface area contributed by atoms with E-state index in [9.17, 15) is 9.59 Å². The molecule has 1 amide bonds. The Morgan fingerprint density at radius 1 is 1.35 bits per heavy atom. The maximum absolute atomic E-state index is 10.9. The summed E-state index contributed by atoms with van der Waals surface area (Å²) in [7, 11) is 0. The van der Waals surface area contributed by atoms with Gasteiger partial charge in [0.05, 0.1) is 0 Å². The Kier molecular flexibility index (Phi) is 5.55. The lowest BCUT2D eigenvalue weighted by Gasteiger charge is -2.21. The van der Waals surface area contributed by atoms with Gasteiger partial charge in [0.25, 0.3) is 0 Å². The third kappa shape index (κ3) is 5.73. The molecule has 0 aliphatic heterocycles. The third-order valence-corrected chi connectivity index (χ3v) is 2.64. The number of amides is 1. The average Bonchev–Trinajstić information content (AvgIpc) is 2.34. The van der Waals surface area contributed by atoms with Gasteiger partial charge in [-0.2, -0.15) is 0 Å². The number of carbonyl (C=O) groups excluding carboxylic acids is 1. The molecular weight excluding hydrogens is 258 g/mol. The largest absolute Gasteiger partial charge is 0.488 e. The van der Waals surface area contributed by atoms with Crippen LogP contribution < -0.4 is 10.1 Å². The number of carboxylic acids is 1. The van der Waals surface area contributed by atoms with Gasteiger partial charge in [0.1, 0.15) is 17.4 Å². The first-order chi connectivity index (χ1) is 9.31. The SMILES string of the molecule is CC(C)(C)Oc1ccc(CC[C@H](NC=O)C(=O)O)cc1. The number of benzene rings is 1. The highest BCUT2D eigenvalue weighted by Gasteiger charge is 2.16. The number of carboxylic acid groups (broad SMARTS) is 1. The van der Waals surface area contributed by atoms with Gasteiger partial charge < -0.3 is 15.2 Å². The molecular formula is C15H21NO4. The number of aliphatic carboxylic acids is 1. The summed E-state index contributed by atoms with van der Waals surface area (Å²) >= 11 is 0. The fourth-order valence-corrected chi connectivity index (χ4v) is 1.75. The maximum Gasteiger partial charge on any atom is 0.326 e. The fourth-order valence-electron chi connectivity index (χ4n) is 1.75. The Labute approximate surface area is 118 Å². The number of aryl methyl sites for hydroxylation is 1. The van der Waals surface area contributed by atoms with E-state index >= 15 is 0 Å². The predicted molar refractivity (Wildman–Crippen MR) is 75.8 cm³/mol. The average molecular weight is 279 g/mol. The van der Waals surface area contributed by atoms with Crippen molar-refractivity contribution in [3.8, 4) is 5.75 Å². The minimum absolute atomic E-state index is 0.246. The lowest BCUT2D eigenvalue weighted by Crippen LogP contribution is -2.36. The van der Waals surface area contributed by atoms with Crippen LogP contribution in [0.15, 0.2) is 24.3 Å². The molecule has 0 saturated carbocycles. The highest BCUT2D eigenvalue weighted by molar-refractivity contribution is 5.76. The third-order valence-electron chi connectivity index (χ3n) is 2.64. The lowest BCUT2D eigenvalue weighted by atomic mass is 10.1. The van der Waals surface area contributed by atoms with Crippen LogP contribution in [-0.2, 0) is 16.0 Å². The Morgan fingerprint density at radius 2 is 1.95 bits per heavy atom. The molecule has 5 nitrogen and oxygen atoms in total. The smallest absolute Gasteiger partial charge is 0.326 e. The van der Waals surface area contributed by atoms with Gasteiger partial charge in [-0.25, -0.2) is 4.79 Å². The second-order valence-corrected chi connectivity index (χ2v) is 5.57. The van der Waals surface area contributed by atoms with Crippen molar-refractivity contribution in [1.82, 2.24) is 5.32 Å². The van der Waals surface area contributed by atoms with Gasteiger partial charge in [0, 0.05) is 0 Å². The molecule has 0 aliphatic rings. The zero-order chi connectivity index (χ0) is 15.2. The molecule has 0 spiro atoms. The summed E-state index contributed by atoms with van der Waals surface area (Å²) in [5.41, 5.74) is 0.759. The standard InChI is InChI=1S/C15H21NO4/c1-15(2,3)20-12-7-4-11(5-8-12)6-9-13(14(18)19)16-10-17/h4-5,7-8,10,13H,6,9H2,1-3H3,(H,16,17)(H,18,19)/t13-/m0/s1. The van der Waals surface area contributed by atoms with E-state index in [1.165, 1.54) is 0 Å². The van der Waals surface area contributed by atoms with Gasteiger partial charge in [-0.3, -0.25) is 4.79 Å². The van der Waals surface area contributed by atoms with Crippen molar-refractivity contribution in [1.29, 1.82) is 0 Å². The summed E-state index contributed by atoms with van der Waals surface area (Å²) in [6.07, 6.45) is 1.35. The van der Waals surface area contributed by atoms with Crippen molar-refractivity contribution in [2.75, 3.05) is 0 Å². The Bertz CT molecular complexity index is 448. The predicted octanol–water partition coefficient (Wildman–Crippen LogP) is 2.00. The number of rotatable bonds is 7. The van der Waals surface area contributed by atoms with E-state index in [0.29, 0.717) is 19.3 Å². The first-order valence-electron chi connectivity index (χ1n) is 6.52. The molecule has 0 saturated heterocycles. The first-order valence-corrected chi connectivity index (χ1v) is 6.52. The molecule has 0 aliphatic carbocycles. The normalized spacial score (nSPS) is 12.6. The summed E-state index contributed by atoms with van der Waals surface area (Å²) in [4.78, 5) is 21.2. The van der Waals surface area contributed by atoms with Crippen LogP contribution in [0, 0.1) is 0 Å². The van der Waals surface area contributed by atoms with E-state index in [2.05, 4.69) is 5.32 Å². The highest BCUT2D eigenvalue weighted by Crippen LogP contribution is 2.19. The van der Waals surface area contributed by atoms with Crippen LogP contribution in [-0.4, -0.2) is 29.1 Å². The molecule has 1 aromatic rings. The molecule has 5 heteroatoms. The molecule has 110 valence electrons. The molecule has 0 radical (unpaired) electrons. The summed E-state index contributed by atoms with van der Waals surface area (Å²) < 4.78 is 5.71. The molecule has 1 rings (SSSR count). The lowest BCUT2D eigenvalue weighted by molar-refractivity contribution is -0.140. The van der Waals surface area contributed by atoms with E-state index in [1.807, 2.05) is 45.0 Å². The van der Waals surface area contributed by atoms with E-state index in [0.717, 1.165) is 11.3 Å². The number of hydrogen-bond donors (Lipinski definition) is 2. The first kappa shape index (κ1) is 16.0. The summed E-state index contributed by atoms with van der Waals surface area (Å²) in [5.74, 6) is -0.244. The molecule has 2 N–H and O–H groups in total.